The van der Waals surface area contributed by atoms with Crippen LogP contribution in [0.2, 0.25) is 0 Å². The van der Waals surface area contributed by atoms with Gasteiger partial charge in [-0.2, -0.15) is 5.26 Å². The fourth-order valence-corrected chi connectivity index (χ4v) is 1.19. The lowest BCUT2D eigenvalue weighted by Crippen LogP contribution is -1.98. The molecule has 1 aromatic rings. The molecule has 0 aromatic heterocycles. The number of para-hydroxylation sites is 1. The van der Waals surface area contributed by atoms with Gasteiger partial charge in [-0.3, -0.25) is 0 Å². The summed E-state index contributed by atoms with van der Waals surface area (Å²) in [6.07, 6.45) is 0.944. The fraction of sp³-hybridized carbons (Fsp3) is 0.100. The topological polar surface area (TPSA) is 70.3 Å². The highest BCUT2D eigenvalue weighted by Gasteiger charge is 2.09. The number of nitriles is 1. The molecule has 15 heavy (non-hydrogen) atoms. The molecular weight excluding hydrogens is 212 g/mol. The first-order valence-corrected chi connectivity index (χ1v) is 5.92. The van der Waals surface area contributed by atoms with Crippen LogP contribution in [0.1, 0.15) is 0 Å². The molecular formula is C10H8N2O2S. The van der Waals surface area contributed by atoms with Crippen LogP contribution in [0.15, 0.2) is 40.2 Å². The molecule has 0 N–H and O–H groups in total. The molecule has 0 aliphatic carbocycles. The molecule has 4 nitrogen and oxygen atoms in total. The van der Waals surface area contributed by atoms with Crippen molar-refractivity contribution in [2.45, 2.75) is 0 Å². The first-order valence-electron chi connectivity index (χ1n) is 4.03. The van der Waals surface area contributed by atoms with Gasteiger partial charge < -0.3 is 0 Å². The summed E-state index contributed by atoms with van der Waals surface area (Å²) in [5.74, 6) is 2.22. The molecule has 0 atom stereocenters. The van der Waals surface area contributed by atoms with E-state index in [1.54, 1.807) is 24.3 Å². The van der Waals surface area contributed by atoms with E-state index in [9.17, 15) is 8.42 Å². The van der Waals surface area contributed by atoms with E-state index >= 15 is 0 Å². The maximum atomic E-state index is 11.0. The molecule has 1 aromatic carbocycles. The van der Waals surface area contributed by atoms with Gasteiger partial charge in [-0.1, -0.05) is 18.2 Å². The predicted molar refractivity (Wildman–Crippen MR) is 57.5 cm³/mol. The van der Waals surface area contributed by atoms with Crippen molar-refractivity contribution in [1.82, 2.24) is 0 Å². The lowest BCUT2D eigenvalue weighted by atomic mass is 10.3. The Morgan fingerprint density at radius 1 is 1.33 bits per heavy atom. The first-order chi connectivity index (χ1) is 7.04. The predicted octanol–water partition coefficient (Wildman–Crippen LogP) is 1.44. The molecule has 0 fully saturated rings. The van der Waals surface area contributed by atoms with E-state index in [-0.39, 0.29) is 0 Å². The van der Waals surface area contributed by atoms with Gasteiger partial charge in [0.2, 0.25) is 4.91 Å². The second kappa shape index (κ2) is 4.56. The normalized spacial score (nSPS) is 9.87. The van der Waals surface area contributed by atoms with Gasteiger partial charge in [0.25, 0.3) is 0 Å². The maximum absolute atomic E-state index is 11.0. The Bertz CT molecular complexity index is 547. The number of hydrogen-bond acceptors (Lipinski definition) is 4. The van der Waals surface area contributed by atoms with Crippen molar-refractivity contribution in [3.8, 4) is 6.07 Å². The summed E-state index contributed by atoms with van der Waals surface area (Å²) >= 11 is 0. The third kappa shape index (κ3) is 3.39. The van der Waals surface area contributed by atoms with Crippen molar-refractivity contribution in [2.24, 2.45) is 4.99 Å². The Hall–Kier alpha value is -1.89. The highest BCUT2D eigenvalue weighted by Crippen LogP contribution is 2.08. The van der Waals surface area contributed by atoms with Crippen LogP contribution in [0.3, 0.4) is 0 Å². The lowest BCUT2D eigenvalue weighted by Gasteiger charge is -1.88. The van der Waals surface area contributed by atoms with E-state index in [4.69, 9.17) is 5.26 Å². The van der Waals surface area contributed by atoms with Crippen LogP contribution in [0.4, 0.5) is 5.69 Å². The zero-order valence-electron chi connectivity index (χ0n) is 8.01. The highest BCUT2D eigenvalue weighted by molar-refractivity contribution is 7.95. The minimum Gasteiger partial charge on any atom is -0.223 e. The van der Waals surface area contributed by atoms with Crippen molar-refractivity contribution < 1.29 is 8.42 Å². The monoisotopic (exact) mass is 220 g/mol. The minimum absolute atomic E-state index is 0.466. The molecule has 5 heteroatoms. The second-order valence-corrected chi connectivity index (χ2v) is 4.72. The molecule has 0 amide bonds. The van der Waals surface area contributed by atoms with E-state index in [1.807, 2.05) is 6.07 Å². The molecule has 0 radical (unpaired) electrons. The second-order valence-electron chi connectivity index (χ2n) is 2.77. The number of aliphatic imine (C=N–C) groups is 1. The van der Waals surface area contributed by atoms with Gasteiger partial charge in [0, 0.05) is 12.1 Å². The highest BCUT2D eigenvalue weighted by atomic mass is 32.2. The maximum Gasteiger partial charge on any atom is 0.204 e. The molecule has 0 saturated heterocycles. The summed E-state index contributed by atoms with van der Waals surface area (Å²) in [6, 6.07) is 10.2. The molecule has 0 saturated carbocycles. The number of hydrogen-bond donors (Lipinski definition) is 0. The number of nitrogens with zero attached hydrogens (tertiary/aromatic N) is 2. The van der Waals surface area contributed by atoms with E-state index in [0.29, 0.717) is 5.69 Å². The number of rotatable bonds is 2. The third-order valence-electron chi connectivity index (χ3n) is 1.52. The molecule has 0 unspecified atom stereocenters. The summed E-state index contributed by atoms with van der Waals surface area (Å²) < 4.78 is 22.0. The zero-order chi connectivity index (χ0) is 11.3. The fourth-order valence-electron chi connectivity index (χ4n) is 0.809. The van der Waals surface area contributed by atoms with E-state index in [1.165, 1.54) is 6.07 Å². The number of sulfone groups is 1. The van der Waals surface area contributed by atoms with Gasteiger partial charge in [0.15, 0.2) is 9.84 Å². The Morgan fingerprint density at radius 3 is 2.40 bits per heavy atom. The summed E-state index contributed by atoms with van der Waals surface area (Å²) in [7, 11) is -3.53. The molecule has 0 heterocycles. The Kier molecular flexibility index (Phi) is 3.40. The molecule has 0 spiro atoms. The standard InChI is InChI=1S/C10H8N2O2S/c1-15(13,14)10(7-11)8-12-9-5-3-2-4-6-9/h2-6H,1H3. The Balaban J connectivity index is 3.18. The average molecular weight is 220 g/mol. The van der Waals surface area contributed by atoms with Crippen LogP contribution in [0.5, 0.6) is 0 Å². The Morgan fingerprint density at radius 2 is 1.93 bits per heavy atom. The van der Waals surface area contributed by atoms with Crippen LogP contribution < -0.4 is 0 Å². The number of allylic oxidation sites excluding steroid dienone is 1. The van der Waals surface area contributed by atoms with Gasteiger partial charge >= 0.3 is 0 Å². The summed E-state index contributed by atoms with van der Waals surface area (Å²) in [5, 5.41) is 8.55. The lowest BCUT2D eigenvalue weighted by molar-refractivity contribution is 0.609. The van der Waals surface area contributed by atoms with E-state index < -0.39 is 14.7 Å². The van der Waals surface area contributed by atoms with Crippen molar-refractivity contribution in [2.75, 3.05) is 6.26 Å². The van der Waals surface area contributed by atoms with Crippen LogP contribution >= 0.6 is 0 Å². The van der Waals surface area contributed by atoms with Crippen molar-refractivity contribution in [1.29, 1.82) is 5.26 Å². The zero-order valence-corrected chi connectivity index (χ0v) is 8.82. The first kappa shape index (κ1) is 11.2. The van der Waals surface area contributed by atoms with Crippen LogP contribution in [0.25, 0.3) is 0 Å². The molecule has 0 aliphatic heterocycles. The third-order valence-corrected chi connectivity index (χ3v) is 2.44. The minimum atomic E-state index is -3.53. The number of benzene rings is 1. The Labute approximate surface area is 88.1 Å². The molecule has 76 valence electrons. The summed E-state index contributed by atoms with van der Waals surface area (Å²) in [4.78, 5) is 3.29. The smallest absolute Gasteiger partial charge is 0.204 e. The summed E-state index contributed by atoms with van der Waals surface area (Å²) in [6.45, 7) is 0. The SMILES string of the molecule is CS(=O)(=O)C(=C=Nc1ccccc1)C#N. The van der Waals surface area contributed by atoms with Crippen molar-refractivity contribution in [3.05, 3.63) is 35.2 Å². The van der Waals surface area contributed by atoms with Gasteiger partial charge in [-0.15, -0.1) is 0 Å². The van der Waals surface area contributed by atoms with E-state index in [2.05, 4.69) is 10.9 Å². The van der Waals surface area contributed by atoms with Gasteiger partial charge in [-0.25, -0.2) is 13.4 Å². The quantitative estimate of drug-likeness (QED) is 0.559. The van der Waals surface area contributed by atoms with Crippen molar-refractivity contribution >= 4 is 21.4 Å². The summed E-state index contributed by atoms with van der Waals surface area (Å²) in [5.41, 5.74) is 0.550. The van der Waals surface area contributed by atoms with E-state index in [0.717, 1.165) is 6.26 Å². The van der Waals surface area contributed by atoms with Gasteiger partial charge in [-0.05, 0) is 12.1 Å². The van der Waals surface area contributed by atoms with Crippen molar-refractivity contribution in [3.63, 3.8) is 0 Å². The van der Waals surface area contributed by atoms with Gasteiger partial charge in [0.1, 0.15) is 6.07 Å². The molecule has 1 rings (SSSR count). The molecule has 0 aliphatic rings. The molecule has 0 bridgehead atoms. The van der Waals surface area contributed by atoms with Gasteiger partial charge in [0.05, 0.1) is 5.69 Å². The van der Waals surface area contributed by atoms with Crippen LogP contribution in [-0.4, -0.2) is 20.5 Å². The average Bonchev–Trinajstić information content (AvgIpc) is 2.18. The van der Waals surface area contributed by atoms with Crippen LogP contribution in [0, 0.1) is 11.3 Å². The largest absolute Gasteiger partial charge is 0.223 e. The van der Waals surface area contributed by atoms with Crippen LogP contribution in [-0.2, 0) is 9.84 Å².